The van der Waals surface area contributed by atoms with E-state index in [-0.39, 0.29) is 0 Å². The lowest BCUT2D eigenvalue weighted by Crippen LogP contribution is -2.26. The predicted molar refractivity (Wildman–Crippen MR) is 71.2 cm³/mol. The second kappa shape index (κ2) is 4.55. The predicted octanol–water partition coefficient (Wildman–Crippen LogP) is 1.73. The van der Waals surface area contributed by atoms with Crippen LogP contribution < -0.4 is 10.0 Å². The van der Waals surface area contributed by atoms with Gasteiger partial charge in [0.05, 0.1) is 4.90 Å². The molecule has 5 heteroatoms. The first-order valence-electron chi connectivity index (χ1n) is 6.52. The molecule has 2 aliphatic rings. The Morgan fingerprint density at radius 3 is 2.94 bits per heavy atom. The highest BCUT2D eigenvalue weighted by Crippen LogP contribution is 2.29. The average molecular weight is 266 g/mol. The first-order valence-corrected chi connectivity index (χ1v) is 8.00. The number of rotatable bonds is 4. The van der Waals surface area contributed by atoms with Gasteiger partial charge in [0.15, 0.2) is 0 Å². The smallest absolute Gasteiger partial charge is 0.240 e. The lowest BCUT2D eigenvalue weighted by atomic mass is 10.0. The zero-order valence-corrected chi connectivity index (χ0v) is 11.1. The summed E-state index contributed by atoms with van der Waals surface area (Å²) in [5, 5.41) is 3.26. The Morgan fingerprint density at radius 2 is 2.17 bits per heavy atom. The summed E-state index contributed by atoms with van der Waals surface area (Å²) >= 11 is 0. The zero-order valence-electron chi connectivity index (χ0n) is 10.3. The Morgan fingerprint density at radius 1 is 1.33 bits per heavy atom. The summed E-state index contributed by atoms with van der Waals surface area (Å²) in [4.78, 5) is 0.372. The lowest BCUT2D eigenvalue weighted by molar-refractivity contribution is 0.577. The van der Waals surface area contributed by atoms with E-state index < -0.39 is 10.0 Å². The van der Waals surface area contributed by atoms with Gasteiger partial charge in [-0.05, 0) is 49.3 Å². The number of nitrogens with one attached hydrogen (secondary N) is 2. The third-order valence-electron chi connectivity index (χ3n) is 3.59. The summed E-state index contributed by atoms with van der Waals surface area (Å²) < 4.78 is 26.9. The lowest BCUT2D eigenvalue weighted by Gasteiger charge is -2.18. The molecule has 18 heavy (non-hydrogen) atoms. The Labute approximate surface area is 108 Å². The summed E-state index contributed by atoms with van der Waals surface area (Å²) in [5.74, 6) is 0.551. The van der Waals surface area contributed by atoms with Gasteiger partial charge < -0.3 is 5.32 Å². The quantitative estimate of drug-likeness (QED) is 0.872. The standard InChI is InChI=1S/C13H18N2O2S/c16-18(17,15-9-10-3-4-10)12-6-5-11-2-1-7-14-13(11)8-12/h5-6,8,10,14-15H,1-4,7,9H2. The van der Waals surface area contributed by atoms with Crippen LogP contribution in [0.3, 0.4) is 0 Å². The maximum Gasteiger partial charge on any atom is 0.240 e. The van der Waals surface area contributed by atoms with Crippen molar-refractivity contribution in [2.24, 2.45) is 5.92 Å². The van der Waals surface area contributed by atoms with E-state index >= 15 is 0 Å². The summed E-state index contributed by atoms with van der Waals surface area (Å²) in [5.41, 5.74) is 2.18. The third-order valence-corrected chi connectivity index (χ3v) is 5.01. The minimum atomic E-state index is -3.34. The second-order valence-electron chi connectivity index (χ2n) is 5.14. The molecule has 98 valence electrons. The Bertz CT molecular complexity index is 550. The number of hydrogen-bond donors (Lipinski definition) is 2. The molecule has 1 saturated carbocycles. The van der Waals surface area contributed by atoms with Crippen molar-refractivity contribution >= 4 is 15.7 Å². The van der Waals surface area contributed by atoms with E-state index in [2.05, 4.69) is 10.0 Å². The van der Waals surface area contributed by atoms with Crippen LogP contribution in [-0.2, 0) is 16.4 Å². The molecule has 0 amide bonds. The number of hydrogen-bond acceptors (Lipinski definition) is 3. The largest absolute Gasteiger partial charge is 0.385 e. The van der Waals surface area contributed by atoms with Gasteiger partial charge >= 0.3 is 0 Å². The van der Waals surface area contributed by atoms with Gasteiger partial charge in [-0.1, -0.05) is 6.07 Å². The number of anilines is 1. The van der Waals surface area contributed by atoms with Crippen molar-refractivity contribution < 1.29 is 8.42 Å². The van der Waals surface area contributed by atoms with Gasteiger partial charge in [0.2, 0.25) is 10.0 Å². The van der Waals surface area contributed by atoms with Gasteiger partial charge in [0, 0.05) is 18.8 Å². The van der Waals surface area contributed by atoms with Gasteiger partial charge in [-0.2, -0.15) is 0 Å². The van der Waals surface area contributed by atoms with E-state index in [0.29, 0.717) is 17.4 Å². The summed E-state index contributed by atoms with van der Waals surface area (Å²) in [6.45, 7) is 1.50. The van der Waals surface area contributed by atoms with Crippen LogP contribution in [-0.4, -0.2) is 21.5 Å². The van der Waals surface area contributed by atoms with E-state index in [0.717, 1.165) is 37.9 Å². The van der Waals surface area contributed by atoms with Crippen molar-refractivity contribution in [3.8, 4) is 0 Å². The van der Waals surface area contributed by atoms with Gasteiger partial charge in [0.25, 0.3) is 0 Å². The molecule has 0 radical (unpaired) electrons. The van der Waals surface area contributed by atoms with E-state index in [1.807, 2.05) is 6.07 Å². The molecule has 0 saturated heterocycles. The molecule has 1 aromatic carbocycles. The van der Waals surface area contributed by atoms with Crippen LogP contribution in [0.15, 0.2) is 23.1 Å². The molecule has 2 N–H and O–H groups in total. The molecule has 1 heterocycles. The average Bonchev–Trinajstić information content (AvgIpc) is 3.20. The Hall–Kier alpha value is -1.07. The highest BCUT2D eigenvalue weighted by molar-refractivity contribution is 7.89. The number of fused-ring (bicyclic) bond motifs is 1. The third kappa shape index (κ3) is 2.52. The van der Waals surface area contributed by atoms with E-state index in [9.17, 15) is 8.42 Å². The number of sulfonamides is 1. The summed E-state index contributed by atoms with van der Waals surface area (Å²) in [7, 11) is -3.34. The molecule has 1 aromatic rings. The first-order chi connectivity index (χ1) is 8.65. The van der Waals surface area contributed by atoms with Gasteiger partial charge in [-0.15, -0.1) is 0 Å². The van der Waals surface area contributed by atoms with Crippen LogP contribution in [0.4, 0.5) is 5.69 Å². The molecule has 0 aromatic heterocycles. The van der Waals surface area contributed by atoms with Crippen molar-refractivity contribution in [1.29, 1.82) is 0 Å². The van der Waals surface area contributed by atoms with Crippen LogP contribution in [0, 0.1) is 5.92 Å². The van der Waals surface area contributed by atoms with Crippen molar-refractivity contribution in [1.82, 2.24) is 4.72 Å². The molecule has 3 rings (SSSR count). The van der Waals surface area contributed by atoms with Crippen LogP contribution in [0.25, 0.3) is 0 Å². The summed E-state index contributed by atoms with van der Waals surface area (Å²) in [6, 6.07) is 5.39. The topological polar surface area (TPSA) is 58.2 Å². The van der Waals surface area contributed by atoms with E-state index in [4.69, 9.17) is 0 Å². The Kier molecular flexibility index (Phi) is 3.03. The molecule has 1 aliphatic carbocycles. The molecule has 0 unspecified atom stereocenters. The number of aryl methyl sites for hydroxylation is 1. The SMILES string of the molecule is O=S(=O)(NCC1CC1)c1ccc2c(c1)NCCC2. The minimum Gasteiger partial charge on any atom is -0.385 e. The molecule has 0 atom stereocenters. The van der Waals surface area contributed by atoms with Crippen molar-refractivity contribution in [3.05, 3.63) is 23.8 Å². The highest BCUT2D eigenvalue weighted by atomic mass is 32.2. The molecule has 0 spiro atoms. The number of benzene rings is 1. The maximum atomic E-state index is 12.1. The van der Waals surface area contributed by atoms with Crippen LogP contribution in [0.5, 0.6) is 0 Å². The van der Waals surface area contributed by atoms with E-state index in [1.165, 1.54) is 5.56 Å². The second-order valence-corrected chi connectivity index (χ2v) is 6.91. The van der Waals surface area contributed by atoms with E-state index in [1.54, 1.807) is 12.1 Å². The fraction of sp³-hybridized carbons (Fsp3) is 0.538. The van der Waals surface area contributed by atoms with Crippen LogP contribution in [0.1, 0.15) is 24.8 Å². The minimum absolute atomic E-state index is 0.372. The molecular weight excluding hydrogens is 248 g/mol. The van der Waals surface area contributed by atoms with Crippen molar-refractivity contribution in [3.63, 3.8) is 0 Å². The van der Waals surface area contributed by atoms with Crippen molar-refractivity contribution in [2.45, 2.75) is 30.6 Å². The van der Waals surface area contributed by atoms with Gasteiger partial charge in [0.1, 0.15) is 0 Å². The van der Waals surface area contributed by atoms with Crippen molar-refractivity contribution in [2.75, 3.05) is 18.4 Å². The fourth-order valence-electron chi connectivity index (χ4n) is 2.24. The summed E-state index contributed by atoms with van der Waals surface area (Å²) in [6.07, 6.45) is 4.43. The zero-order chi connectivity index (χ0) is 12.6. The first kappa shape index (κ1) is 12.0. The normalized spacial score (nSPS) is 19.1. The molecule has 4 nitrogen and oxygen atoms in total. The van der Waals surface area contributed by atoms with Crippen LogP contribution in [0.2, 0.25) is 0 Å². The van der Waals surface area contributed by atoms with Gasteiger partial charge in [-0.3, -0.25) is 0 Å². The van der Waals surface area contributed by atoms with Crippen LogP contribution >= 0.6 is 0 Å². The molecule has 0 bridgehead atoms. The fourth-order valence-corrected chi connectivity index (χ4v) is 3.38. The Balaban J connectivity index is 1.81. The monoisotopic (exact) mass is 266 g/mol. The molecular formula is C13H18N2O2S. The molecule has 1 aliphatic heterocycles. The highest BCUT2D eigenvalue weighted by Gasteiger charge is 2.24. The van der Waals surface area contributed by atoms with Gasteiger partial charge in [-0.25, -0.2) is 13.1 Å². The molecule has 1 fully saturated rings. The maximum absolute atomic E-state index is 12.1.